The molecule has 0 spiro atoms. The number of nitrogens with two attached hydrogens (primary N) is 1. The molecule has 0 radical (unpaired) electrons. The highest BCUT2D eigenvalue weighted by Crippen LogP contribution is 2.32. The molecule has 1 heterocycles. The predicted molar refractivity (Wildman–Crippen MR) is 45.0 cm³/mol. The van der Waals surface area contributed by atoms with Crippen LogP contribution in [0, 0.1) is 21.4 Å². The van der Waals surface area contributed by atoms with E-state index >= 15 is 0 Å². The molecular weight excluding hydrogens is 210 g/mol. The van der Waals surface area contributed by atoms with E-state index in [0.29, 0.717) is 6.07 Å². The van der Waals surface area contributed by atoms with Crippen LogP contribution in [0.4, 0.5) is 20.3 Å². The third-order valence-electron chi connectivity index (χ3n) is 1.58. The van der Waals surface area contributed by atoms with Crippen LogP contribution < -0.4 is 5.73 Å². The molecular formula is C7H4F2N4O2. The molecule has 0 aliphatic heterocycles. The number of anilines is 1. The van der Waals surface area contributed by atoms with Crippen LogP contribution in [0.25, 0.3) is 0 Å². The summed E-state index contributed by atoms with van der Waals surface area (Å²) in [7, 11) is 0. The summed E-state index contributed by atoms with van der Waals surface area (Å²) in [4.78, 5) is 12.7. The Bertz CT molecular complexity index is 455. The Balaban J connectivity index is 3.51. The van der Waals surface area contributed by atoms with Gasteiger partial charge in [-0.25, -0.2) is 13.8 Å². The van der Waals surface area contributed by atoms with Gasteiger partial charge >= 0.3 is 5.69 Å². The molecule has 0 saturated heterocycles. The normalized spacial score (nSPS) is 10.0. The maximum atomic E-state index is 12.4. The molecule has 0 bridgehead atoms. The number of alkyl halides is 2. The average molecular weight is 214 g/mol. The number of rotatable bonds is 2. The number of nitro groups is 1. The van der Waals surface area contributed by atoms with Crippen LogP contribution in [-0.4, -0.2) is 9.91 Å². The largest absolute Gasteiger partial charge is 0.378 e. The van der Waals surface area contributed by atoms with Gasteiger partial charge < -0.3 is 5.73 Å². The fourth-order valence-corrected chi connectivity index (χ4v) is 1.00. The van der Waals surface area contributed by atoms with Gasteiger partial charge in [0.1, 0.15) is 17.3 Å². The monoisotopic (exact) mass is 214 g/mol. The predicted octanol–water partition coefficient (Wildman–Crippen LogP) is 1.38. The Morgan fingerprint density at radius 2 is 2.27 bits per heavy atom. The van der Waals surface area contributed by atoms with Crippen LogP contribution in [0.15, 0.2) is 6.07 Å². The molecule has 2 N–H and O–H groups in total. The number of pyridine rings is 1. The highest BCUT2D eigenvalue weighted by atomic mass is 19.3. The molecule has 0 fully saturated rings. The van der Waals surface area contributed by atoms with Crippen molar-refractivity contribution in [1.82, 2.24) is 4.98 Å². The maximum absolute atomic E-state index is 12.4. The molecule has 0 aliphatic carbocycles. The van der Waals surface area contributed by atoms with E-state index in [1.165, 1.54) is 6.07 Å². The van der Waals surface area contributed by atoms with E-state index in [4.69, 9.17) is 11.0 Å². The van der Waals surface area contributed by atoms with Crippen molar-refractivity contribution in [3.63, 3.8) is 0 Å². The van der Waals surface area contributed by atoms with Gasteiger partial charge in [-0.05, 0) is 6.07 Å². The fourth-order valence-electron chi connectivity index (χ4n) is 1.00. The van der Waals surface area contributed by atoms with Crippen LogP contribution >= 0.6 is 0 Å². The van der Waals surface area contributed by atoms with Crippen molar-refractivity contribution < 1.29 is 13.7 Å². The summed E-state index contributed by atoms with van der Waals surface area (Å²) in [5, 5.41) is 18.8. The molecule has 0 saturated carbocycles. The van der Waals surface area contributed by atoms with Gasteiger partial charge in [0.05, 0.1) is 4.92 Å². The number of nitriles is 1. The van der Waals surface area contributed by atoms with Gasteiger partial charge in [0.15, 0.2) is 0 Å². The first kappa shape index (κ1) is 10.8. The highest BCUT2D eigenvalue weighted by Gasteiger charge is 2.26. The summed E-state index contributed by atoms with van der Waals surface area (Å²) < 4.78 is 24.8. The molecule has 1 aromatic heterocycles. The molecule has 1 aromatic rings. The van der Waals surface area contributed by atoms with Crippen molar-refractivity contribution >= 4 is 11.5 Å². The molecule has 15 heavy (non-hydrogen) atoms. The smallest absolute Gasteiger partial charge is 0.320 e. The first-order valence-corrected chi connectivity index (χ1v) is 3.60. The van der Waals surface area contributed by atoms with Gasteiger partial charge in [0, 0.05) is 0 Å². The van der Waals surface area contributed by atoms with Crippen LogP contribution in [0.1, 0.15) is 17.7 Å². The van der Waals surface area contributed by atoms with Crippen LogP contribution in [-0.2, 0) is 0 Å². The minimum Gasteiger partial charge on any atom is -0.378 e. The van der Waals surface area contributed by atoms with Gasteiger partial charge in [-0.3, -0.25) is 10.1 Å². The molecule has 6 nitrogen and oxygen atoms in total. The second-order valence-electron chi connectivity index (χ2n) is 2.50. The zero-order valence-corrected chi connectivity index (χ0v) is 7.15. The lowest BCUT2D eigenvalue weighted by Gasteiger charge is -2.03. The SMILES string of the molecule is N#Cc1cc(C(F)F)c([N+](=O)[O-])c(N)n1. The van der Waals surface area contributed by atoms with Crippen molar-refractivity contribution in [2.75, 3.05) is 5.73 Å². The quantitative estimate of drug-likeness (QED) is 0.591. The van der Waals surface area contributed by atoms with E-state index < -0.39 is 28.4 Å². The Morgan fingerprint density at radius 3 is 2.67 bits per heavy atom. The number of nitrogen functional groups attached to an aromatic ring is 1. The number of halogens is 2. The van der Waals surface area contributed by atoms with Gasteiger partial charge in [-0.15, -0.1) is 0 Å². The summed E-state index contributed by atoms with van der Waals surface area (Å²) in [6, 6.07) is 2.13. The third kappa shape index (κ3) is 1.96. The van der Waals surface area contributed by atoms with Gasteiger partial charge in [0.2, 0.25) is 5.82 Å². The van der Waals surface area contributed by atoms with E-state index in [1.54, 1.807) is 0 Å². The Hall–Kier alpha value is -2.30. The van der Waals surface area contributed by atoms with E-state index in [-0.39, 0.29) is 5.69 Å². The van der Waals surface area contributed by atoms with E-state index in [1.807, 2.05) is 0 Å². The average Bonchev–Trinajstić information content (AvgIpc) is 2.15. The summed E-state index contributed by atoms with van der Waals surface area (Å²) in [6.07, 6.45) is -3.08. The van der Waals surface area contributed by atoms with Gasteiger partial charge in [0.25, 0.3) is 6.43 Å². The molecule has 0 amide bonds. The minimum absolute atomic E-state index is 0.381. The lowest BCUT2D eigenvalue weighted by atomic mass is 10.2. The van der Waals surface area contributed by atoms with E-state index in [2.05, 4.69) is 4.98 Å². The molecule has 0 aliphatic rings. The standard InChI is InChI=1S/C7H4F2N4O2/c8-6(9)4-1-3(2-10)12-7(11)5(4)13(14)15/h1,6H,(H2,11,12). The van der Waals surface area contributed by atoms with Crippen LogP contribution in [0.2, 0.25) is 0 Å². The number of nitrogens with zero attached hydrogens (tertiary/aromatic N) is 3. The summed E-state index contributed by atoms with van der Waals surface area (Å²) in [6.45, 7) is 0. The minimum atomic E-state index is -3.08. The Labute approximate surface area is 82.1 Å². The second-order valence-corrected chi connectivity index (χ2v) is 2.50. The summed E-state index contributed by atoms with van der Waals surface area (Å²) in [5.74, 6) is -0.686. The molecule has 1 rings (SSSR count). The first-order valence-electron chi connectivity index (χ1n) is 3.60. The molecule has 0 atom stereocenters. The second kappa shape index (κ2) is 3.83. The van der Waals surface area contributed by atoms with E-state index in [0.717, 1.165) is 0 Å². The summed E-state index contributed by atoms with van der Waals surface area (Å²) >= 11 is 0. The van der Waals surface area contributed by atoms with Crippen molar-refractivity contribution in [1.29, 1.82) is 5.26 Å². The topological polar surface area (TPSA) is 106 Å². The zero-order valence-electron chi connectivity index (χ0n) is 7.15. The highest BCUT2D eigenvalue weighted by molar-refractivity contribution is 5.59. The molecule has 0 unspecified atom stereocenters. The number of hydrogen-bond donors (Lipinski definition) is 1. The molecule has 0 aromatic carbocycles. The fraction of sp³-hybridized carbons (Fsp3) is 0.143. The van der Waals surface area contributed by atoms with Gasteiger partial charge in [-0.1, -0.05) is 0 Å². The Morgan fingerprint density at radius 1 is 1.67 bits per heavy atom. The lowest BCUT2D eigenvalue weighted by Crippen LogP contribution is -2.04. The van der Waals surface area contributed by atoms with Crippen LogP contribution in [0.5, 0.6) is 0 Å². The zero-order chi connectivity index (χ0) is 11.6. The van der Waals surface area contributed by atoms with Crippen molar-refractivity contribution in [3.8, 4) is 6.07 Å². The van der Waals surface area contributed by atoms with E-state index in [9.17, 15) is 18.9 Å². The van der Waals surface area contributed by atoms with Crippen molar-refractivity contribution in [2.45, 2.75) is 6.43 Å². The number of hydrogen-bond acceptors (Lipinski definition) is 5. The van der Waals surface area contributed by atoms with Gasteiger partial charge in [-0.2, -0.15) is 5.26 Å². The van der Waals surface area contributed by atoms with Crippen molar-refractivity contribution in [2.24, 2.45) is 0 Å². The number of aromatic nitrogens is 1. The Kier molecular flexibility index (Phi) is 2.75. The summed E-state index contributed by atoms with van der Waals surface area (Å²) in [5.41, 5.74) is 2.86. The first-order chi connectivity index (χ1) is 6.97. The maximum Gasteiger partial charge on any atom is 0.320 e. The molecule has 8 heteroatoms. The van der Waals surface area contributed by atoms with Crippen molar-refractivity contribution in [3.05, 3.63) is 27.4 Å². The molecule has 78 valence electrons. The van der Waals surface area contributed by atoms with Crippen LogP contribution in [0.3, 0.4) is 0 Å². The third-order valence-corrected chi connectivity index (χ3v) is 1.58. The lowest BCUT2D eigenvalue weighted by molar-refractivity contribution is -0.385.